The molecule has 1 saturated heterocycles. The van der Waals surface area contributed by atoms with Crippen molar-refractivity contribution in [3.63, 3.8) is 0 Å². The summed E-state index contributed by atoms with van der Waals surface area (Å²) in [6.07, 6.45) is 5.40. The van der Waals surface area contributed by atoms with E-state index in [1.807, 2.05) is 0 Å². The van der Waals surface area contributed by atoms with Crippen molar-refractivity contribution in [3.05, 3.63) is 33.3 Å². The number of aliphatic hydroxyl groups excluding tert-OH is 1. The Hall–Kier alpha value is -0.760. The number of carbonyl (C=O) groups excluding carboxylic acids is 2. The first-order valence-corrected chi connectivity index (χ1v) is 7.56. The fourth-order valence-electron chi connectivity index (χ4n) is 2.21. The smallest absolute Gasteiger partial charge is 0.244 e. The number of amides is 1. The fraction of sp³-hybridized carbons (Fsp3) is 0.385. The molecule has 0 bridgehead atoms. The average molecular weight is 407 g/mol. The topological polar surface area (TPSA) is 75.6 Å². The maximum absolute atomic E-state index is 11.7. The highest BCUT2D eigenvalue weighted by Crippen LogP contribution is 2.39. The van der Waals surface area contributed by atoms with E-state index in [-0.39, 0.29) is 11.7 Å². The molecular weight excluding hydrogens is 394 g/mol. The van der Waals surface area contributed by atoms with Gasteiger partial charge in [-0.15, -0.1) is 0 Å². The second kappa shape index (κ2) is 5.93. The number of hydrogen-bond donors (Lipinski definition) is 2. The molecule has 2 aliphatic rings. The average Bonchev–Trinajstić information content (AvgIpc) is 2.62. The lowest BCUT2D eigenvalue weighted by Crippen LogP contribution is -2.39. The molecule has 2 atom stereocenters. The molecule has 1 aliphatic heterocycles. The van der Waals surface area contributed by atoms with Gasteiger partial charge in [0.2, 0.25) is 11.7 Å². The number of aliphatic hydroxyl groups is 1. The SMILES string of the molecule is C/C=C/C(=O)NC1CC2(C=C(Br)C(=O)C(Br)=C2)OC1O. The van der Waals surface area contributed by atoms with E-state index in [0.29, 0.717) is 15.4 Å². The molecule has 0 radical (unpaired) electrons. The second-order valence-corrected chi connectivity index (χ2v) is 6.30. The molecule has 7 heteroatoms. The van der Waals surface area contributed by atoms with Crippen LogP contribution in [0.1, 0.15) is 13.3 Å². The summed E-state index contributed by atoms with van der Waals surface area (Å²) < 4.78 is 6.24. The lowest BCUT2D eigenvalue weighted by molar-refractivity contribution is -0.126. The van der Waals surface area contributed by atoms with Gasteiger partial charge in [0.25, 0.3) is 0 Å². The molecule has 1 aliphatic carbocycles. The first-order valence-electron chi connectivity index (χ1n) is 5.97. The zero-order chi connectivity index (χ0) is 14.9. The van der Waals surface area contributed by atoms with Crippen molar-refractivity contribution in [2.45, 2.75) is 31.3 Å². The number of halogens is 2. The van der Waals surface area contributed by atoms with Gasteiger partial charge in [0, 0.05) is 6.42 Å². The molecule has 0 aromatic heterocycles. The van der Waals surface area contributed by atoms with Gasteiger partial charge in [0.15, 0.2) is 6.29 Å². The van der Waals surface area contributed by atoms with E-state index in [9.17, 15) is 14.7 Å². The third-order valence-corrected chi connectivity index (χ3v) is 4.22. The van der Waals surface area contributed by atoms with E-state index >= 15 is 0 Å². The normalized spacial score (nSPS) is 28.7. The number of hydrogen-bond acceptors (Lipinski definition) is 4. The third-order valence-electron chi connectivity index (χ3n) is 3.04. The molecule has 20 heavy (non-hydrogen) atoms. The summed E-state index contributed by atoms with van der Waals surface area (Å²) in [6.45, 7) is 1.73. The quantitative estimate of drug-likeness (QED) is 0.684. The lowest BCUT2D eigenvalue weighted by Gasteiger charge is -2.25. The van der Waals surface area contributed by atoms with Crippen LogP contribution in [-0.4, -0.2) is 34.7 Å². The van der Waals surface area contributed by atoms with Crippen molar-refractivity contribution >= 4 is 43.6 Å². The molecular formula is C13H13Br2NO4. The summed E-state index contributed by atoms with van der Waals surface area (Å²) in [5.74, 6) is -0.481. The molecule has 1 fully saturated rings. The summed E-state index contributed by atoms with van der Waals surface area (Å²) in [4.78, 5) is 23.2. The van der Waals surface area contributed by atoms with E-state index in [1.165, 1.54) is 6.08 Å². The summed E-state index contributed by atoms with van der Waals surface area (Å²) in [6, 6.07) is -0.542. The number of allylic oxidation sites excluding steroid dienone is 3. The van der Waals surface area contributed by atoms with Crippen molar-refractivity contribution in [1.82, 2.24) is 5.32 Å². The van der Waals surface area contributed by atoms with Crippen LogP contribution in [0, 0.1) is 0 Å². The lowest BCUT2D eigenvalue weighted by atomic mass is 9.92. The van der Waals surface area contributed by atoms with Crippen molar-refractivity contribution < 1.29 is 19.4 Å². The molecule has 0 saturated carbocycles. The monoisotopic (exact) mass is 405 g/mol. The summed E-state index contributed by atoms with van der Waals surface area (Å²) >= 11 is 6.35. The number of nitrogens with one attached hydrogen (secondary N) is 1. The number of carbonyl (C=O) groups is 2. The van der Waals surface area contributed by atoms with Crippen molar-refractivity contribution in [2.75, 3.05) is 0 Å². The molecule has 2 unspecified atom stereocenters. The molecule has 1 heterocycles. The number of ether oxygens (including phenoxy) is 1. The molecule has 0 aromatic carbocycles. The van der Waals surface area contributed by atoms with Crippen LogP contribution in [0.2, 0.25) is 0 Å². The number of rotatable bonds is 2. The fourth-order valence-corrected chi connectivity index (χ4v) is 3.67. The zero-order valence-electron chi connectivity index (χ0n) is 10.6. The van der Waals surface area contributed by atoms with Crippen LogP contribution in [0.15, 0.2) is 33.3 Å². The van der Waals surface area contributed by atoms with Crippen LogP contribution in [-0.2, 0) is 14.3 Å². The first kappa shape index (κ1) is 15.6. The van der Waals surface area contributed by atoms with E-state index < -0.39 is 17.9 Å². The van der Waals surface area contributed by atoms with Gasteiger partial charge < -0.3 is 15.2 Å². The van der Waals surface area contributed by atoms with E-state index in [0.717, 1.165) is 0 Å². The predicted molar refractivity (Wildman–Crippen MR) is 80.2 cm³/mol. The van der Waals surface area contributed by atoms with Crippen molar-refractivity contribution in [3.8, 4) is 0 Å². The van der Waals surface area contributed by atoms with Gasteiger partial charge in [-0.2, -0.15) is 0 Å². The number of Topliss-reactive ketones (excluding diaryl/α,β-unsaturated/α-hetero) is 1. The largest absolute Gasteiger partial charge is 0.366 e. The molecule has 5 nitrogen and oxygen atoms in total. The first-order chi connectivity index (χ1) is 9.37. The van der Waals surface area contributed by atoms with Crippen LogP contribution < -0.4 is 5.32 Å². The molecule has 1 spiro atoms. The van der Waals surface area contributed by atoms with Crippen LogP contribution in [0.4, 0.5) is 0 Å². The summed E-state index contributed by atoms with van der Waals surface area (Å²) in [5, 5.41) is 12.6. The summed E-state index contributed by atoms with van der Waals surface area (Å²) in [7, 11) is 0. The van der Waals surface area contributed by atoms with Gasteiger partial charge in [-0.3, -0.25) is 9.59 Å². The Bertz CT molecular complexity index is 516. The Labute approximate surface area is 133 Å². The zero-order valence-corrected chi connectivity index (χ0v) is 13.8. The van der Waals surface area contributed by atoms with Gasteiger partial charge in [0.05, 0.1) is 15.0 Å². The van der Waals surface area contributed by atoms with Crippen LogP contribution >= 0.6 is 31.9 Å². The predicted octanol–water partition coefficient (Wildman–Crippen LogP) is 1.67. The highest BCUT2D eigenvalue weighted by molar-refractivity contribution is 9.13. The van der Waals surface area contributed by atoms with Crippen LogP contribution in [0.5, 0.6) is 0 Å². The third kappa shape index (κ3) is 3.11. The molecule has 2 rings (SSSR count). The van der Waals surface area contributed by atoms with E-state index in [1.54, 1.807) is 25.2 Å². The van der Waals surface area contributed by atoms with Crippen LogP contribution in [0.3, 0.4) is 0 Å². The van der Waals surface area contributed by atoms with E-state index in [2.05, 4.69) is 37.2 Å². The Morgan fingerprint density at radius 3 is 2.65 bits per heavy atom. The summed E-state index contributed by atoms with van der Waals surface area (Å²) in [5.41, 5.74) is -0.904. The Morgan fingerprint density at radius 2 is 2.10 bits per heavy atom. The van der Waals surface area contributed by atoms with Gasteiger partial charge in [0.1, 0.15) is 5.60 Å². The van der Waals surface area contributed by atoms with Crippen LogP contribution in [0.25, 0.3) is 0 Å². The minimum atomic E-state index is -1.13. The van der Waals surface area contributed by atoms with Gasteiger partial charge in [-0.1, -0.05) is 6.08 Å². The molecule has 2 N–H and O–H groups in total. The Balaban J connectivity index is 2.18. The van der Waals surface area contributed by atoms with Gasteiger partial charge in [-0.25, -0.2) is 0 Å². The highest BCUT2D eigenvalue weighted by atomic mass is 79.9. The molecule has 0 aromatic rings. The Morgan fingerprint density at radius 1 is 1.50 bits per heavy atom. The molecule has 1 amide bonds. The maximum Gasteiger partial charge on any atom is 0.244 e. The minimum absolute atomic E-state index is 0.185. The Kier molecular flexibility index (Phi) is 4.63. The van der Waals surface area contributed by atoms with Crippen molar-refractivity contribution in [1.29, 1.82) is 0 Å². The van der Waals surface area contributed by atoms with E-state index in [4.69, 9.17) is 4.74 Å². The second-order valence-electron chi connectivity index (χ2n) is 4.60. The highest BCUT2D eigenvalue weighted by Gasteiger charge is 2.46. The standard InChI is InChI=1S/C13H13Br2NO4/c1-2-3-10(17)16-9-6-13(20-12(9)19)4-7(14)11(18)8(15)5-13/h2-5,9,12,19H,6H2,1H3,(H,16,17)/b3-2+. The minimum Gasteiger partial charge on any atom is -0.366 e. The van der Waals surface area contributed by atoms with Gasteiger partial charge >= 0.3 is 0 Å². The molecule has 108 valence electrons. The van der Waals surface area contributed by atoms with Gasteiger partial charge in [-0.05, 0) is 57.0 Å². The number of ketones is 1. The maximum atomic E-state index is 11.7. The van der Waals surface area contributed by atoms with Crippen molar-refractivity contribution in [2.24, 2.45) is 0 Å².